The van der Waals surface area contributed by atoms with E-state index in [1.807, 2.05) is 5.32 Å². The van der Waals surface area contributed by atoms with Crippen LogP contribution in [0.25, 0.3) is 0 Å². The van der Waals surface area contributed by atoms with Crippen molar-refractivity contribution in [3.8, 4) is 0 Å². The number of alkyl halides is 6. The number of amides is 2. The fraction of sp³-hybridized carbons (Fsp3) is 0.474. The Morgan fingerprint density at radius 1 is 0.909 bits per heavy atom. The van der Waals surface area contributed by atoms with E-state index < -0.39 is 71.2 Å². The first-order valence-corrected chi connectivity index (χ1v) is 9.33. The summed E-state index contributed by atoms with van der Waals surface area (Å²) in [6.45, 7) is 2.52. The normalized spacial score (nSPS) is 13.6. The van der Waals surface area contributed by atoms with Crippen LogP contribution in [0.15, 0.2) is 18.2 Å². The van der Waals surface area contributed by atoms with Crippen LogP contribution in [-0.2, 0) is 36.2 Å². The second-order valence-electron chi connectivity index (χ2n) is 6.52. The third kappa shape index (κ3) is 7.95. The Balaban J connectivity index is 3.40. The number of carbonyl (C=O) groups is 4. The van der Waals surface area contributed by atoms with Crippen LogP contribution < -0.4 is 11.1 Å². The van der Waals surface area contributed by atoms with Gasteiger partial charge < -0.3 is 20.5 Å². The van der Waals surface area contributed by atoms with E-state index in [1.54, 1.807) is 0 Å². The molecule has 0 aromatic heterocycles. The van der Waals surface area contributed by atoms with Gasteiger partial charge in [0.15, 0.2) is 0 Å². The molecule has 33 heavy (non-hydrogen) atoms. The molecule has 0 fully saturated rings. The molecule has 0 radical (unpaired) electrons. The number of ether oxygens (including phenoxy) is 2. The van der Waals surface area contributed by atoms with E-state index in [2.05, 4.69) is 4.74 Å². The molecular formula is C19H20F6N2O6. The maximum absolute atomic E-state index is 13.0. The molecule has 14 heteroatoms. The van der Waals surface area contributed by atoms with Crippen molar-refractivity contribution in [3.63, 3.8) is 0 Å². The fourth-order valence-electron chi connectivity index (χ4n) is 2.67. The summed E-state index contributed by atoms with van der Waals surface area (Å²) >= 11 is 0. The highest BCUT2D eigenvalue weighted by Crippen LogP contribution is 2.36. The second kappa shape index (κ2) is 11.0. The molecule has 184 valence electrons. The zero-order chi connectivity index (χ0) is 25.6. The maximum Gasteiger partial charge on any atom is 0.416 e. The average molecular weight is 486 g/mol. The van der Waals surface area contributed by atoms with Crippen LogP contribution in [0.5, 0.6) is 0 Å². The van der Waals surface area contributed by atoms with Crippen molar-refractivity contribution in [1.82, 2.24) is 5.32 Å². The standard InChI is InChI=1S/C19H20F6N2O6/c1-3-32-13(28)8-12(17(31)33-4-2)14(15(26)29)27-16(30)9-5-10(18(20,21)22)7-11(6-9)19(23,24)25/h5-7,12,14H,3-4,8H2,1-2H3,(H2,26,29)(H,27,30)/t12-,14+/m0/s1. The molecule has 1 aromatic rings. The first-order chi connectivity index (χ1) is 15.1. The van der Waals surface area contributed by atoms with Crippen molar-refractivity contribution >= 4 is 23.8 Å². The van der Waals surface area contributed by atoms with Gasteiger partial charge in [-0.05, 0) is 32.0 Å². The van der Waals surface area contributed by atoms with E-state index in [0.29, 0.717) is 0 Å². The maximum atomic E-state index is 13.0. The monoisotopic (exact) mass is 486 g/mol. The highest BCUT2D eigenvalue weighted by Gasteiger charge is 2.40. The third-order valence-corrected chi connectivity index (χ3v) is 4.13. The van der Waals surface area contributed by atoms with E-state index >= 15 is 0 Å². The van der Waals surface area contributed by atoms with Gasteiger partial charge in [-0.2, -0.15) is 26.3 Å². The summed E-state index contributed by atoms with van der Waals surface area (Å²) in [5.74, 6) is -6.88. The Morgan fingerprint density at radius 2 is 1.39 bits per heavy atom. The first-order valence-electron chi connectivity index (χ1n) is 9.33. The van der Waals surface area contributed by atoms with Gasteiger partial charge >= 0.3 is 24.3 Å². The number of halogens is 6. The minimum atomic E-state index is -5.23. The van der Waals surface area contributed by atoms with Gasteiger partial charge in [-0.25, -0.2) is 0 Å². The van der Waals surface area contributed by atoms with Crippen LogP contribution in [0.1, 0.15) is 41.8 Å². The lowest BCUT2D eigenvalue weighted by Crippen LogP contribution is -2.52. The number of nitrogens with one attached hydrogen (secondary N) is 1. The van der Waals surface area contributed by atoms with Crippen molar-refractivity contribution < 1.29 is 55.0 Å². The van der Waals surface area contributed by atoms with Crippen molar-refractivity contribution in [2.45, 2.75) is 38.7 Å². The van der Waals surface area contributed by atoms with Gasteiger partial charge in [0.25, 0.3) is 5.91 Å². The quantitative estimate of drug-likeness (QED) is 0.408. The van der Waals surface area contributed by atoms with Gasteiger partial charge in [0, 0.05) is 5.56 Å². The van der Waals surface area contributed by atoms with E-state index in [-0.39, 0.29) is 31.4 Å². The van der Waals surface area contributed by atoms with Crippen molar-refractivity contribution in [1.29, 1.82) is 0 Å². The fourth-order valence-corrected chi connectivity index (χ4v) is 2.67. The van der Waals surface area contributed by atoms with Gasteiger partial charge in [0.2, 0.25) is 5.91 Å². The average Bonchev–Trinajstić information content (AvgIpc) is 2.68. The van der Waals surface area contributed by atoms with Gasteiger partial charge in [-0.1, -0.05) is 0 Å². The summed E-state index contributed by atoms with van der Waals surface area (Å²) in [5, 5.41) is 1.82. The predicted octanol–water partition coefficient (Wildman–Crippen LogP) is 2.44. The molecule has 0 bridgehead atoms. The molecule has 2 amide bonds. The molecular weight excluding hydrogens is 466 g/mol. The molecule has 0 heterocycles. The summed E-state index contributed by atoms with van der Waals surface area (Å²) in [4.78, 5) is 48.4. The Hall–Kier alpha value is -3.32. The summed E-state index contributed by atoms with van der Waals surface area (Å²) in [5.41, 5.74) is 0.520. The minimum Gasteiger partial charge on any atom is -0.466 e. The molecule has 2 atom stereocenters. The van der Waals surface area contributed by atoms with E-state index in [4.69, 9.17) is 10.5 Å². The predicted molar refractivity (Wildman–Crippen MR) is 98.3 cm³/mol. The molecule has 0 aliphatic carbocycles. The van der Waals surface area contributed by atoms with Crippen molar-refractivity contribution in [2.24, 2.45) is 11.7 Å². The van der Waals surface area contributed by atoms with E-state index in [1.165, 1.54) is 13.8 Å². The molecule has 0 saturated carbocycles. The Labute approximate surface area is 183 Å². The molecule has 8 nitrogen and oxygen atoms in total. The molecule has 3 N–H and O–H groups in total. The molecule has 1 rings (SSSR count). The summed E-state index contributed by atoms with van der Waals surface area (Å²) < 4.78 is 87.6. The number of primary amides is 1. The minimum absolute atomic E-state index is 0.105. The zero-order valence-corrected chi connectivity index (χ0v) is 17.3. The van der Waals surface area contributed by atoms with Crippen LogP contribution >= 0.6 is 0 Å². The number of benzene rings is 1. The van der Waals surface area contributed by atoms with Crippen LogP contribution in [0, 0.1) is 5.92 Å². The van der Waals surface area contributed by atoms with Crippen LogP contribution in [0.2, 0.25) is 0 Å². The second-order valence-corrected chi connectivity index (χ2v) is 6.52. The molecule has 0 spiro atoms. The van der Waals surface area contributed by atoms with Gasteiger partial charge in [0.1, 0.15) is 6.04 Å². The number of carbonyl (C=O) groups excluding carboxylic acids is 4. The lowest BCUT2D eigenvalue weighted by molar-refractivity contribution is -0.156. The highest BCUT2D eigenvalue weighted by atomic mass is 19.4. The molecule has 0 aliphatic rings. The largest absolute Gasteiger partial charge is 0.466 e. The van der Waals surface area contributed by atoms with Crippen LogP contribution in [0.3, 0.4) is 0 Å². The zero-order valence-electron chi connectivity index (χ0n) is 17.3. The van der Waals surface area contributed by atoms with Crippen molar-refractivity contribution in [2.75, 3.05) is 13.2 Å². The van der Waals surface area contributed by atoms with Gasteiger partial charge in [0.05, 0.1) is 36.7 Å². The Kier molecular flexibility index (Phi) is 9.24. The summed E-state index contributed by atoms with van der Waals surface area (Å²) in [7, 11) is 0. The topological polar surface area (TPSA) is 125 Å². The molecule has 0 unspecified atom stereocenters. The number of hydrogen-bond donors (Lipinski definition) is 2. The molecule has 0 saturated heterocycles. The highest BCUT2D eigenvalue weighted by molar-refractivity contribution is 5.99. The third-order valence-electron chi connectivity index (χ3n) is 4.13. The lowest BCUT2D eigenvalue weighted by atomic mass is 9.94. The van der Waals surface area contributed by atoms with E-state index in [0.717, 1.165) is 0 Å². The number of rotatable bonds is 9. The van der Waals surface area contributed by atoms with Gasteiger partial charge in [-0.3, -0.25) is 19.2 Å². The summed E-state index contributed by atoms with van der Waals surface area (Å²) in [6, 6.07) is -1.93. The van der Waals surface area contributed by atoms with Crippen LogP contribution in [0.4, 0.5) is 26.3 Å². The molecule has 1 aromatic carbocycles. The Morgan fingerprint density at radius 3 is 1.79 bits per heavy atom. The summed E-state index contributed by atoms with van der Waals surface area (Å²) in [6.07, 6.45) is -11.3. The number of nitrogens with two attached hydrogens (primary N) is 1. The smallest absolute Gasteiger partial charge is 0.416 e. The number of hydrogen-bond acceptors (Lipinski definition) is 6. The molecule has 0 aliphatic heterocycles. The van der Waals surface area contributed by atoms with E-state index in [9.17, 15) is 45.5 Å². The number of esters is 2. The van der Waals surface area contributed by atoms with Crippen molar-refractivity contribution in [3.05, 3.63) is 34.9 Å². The van der Waals surface area contributed by atoms with Crippen LogP contribution in [-0.4, -0.2) is 43.0 Å². The lowest BCUT2D eigenvalue weighted by Gasteiger charge is -2.24. The van der Waals surface area contributed by atoms with Gasteiger partial charge in [-0.15, -0.1) is 0 Å². The SMILES string of the molecule is CCOC(=O)C[C@H](C(=O)OCC)[C@@H](NC(=O)c1cc(C(F)(F)F)cc(C(F)(F)F)c1)C(N)=O. The Bertz CT molecular complexity index is 867. The first kappa shape index (κ1) is 27.7.